The van der Waals surface area contributed by atoms with Crippen molar-refractivity contribution < 1.29 is 17.9 Å². The highest BCUT2D eigenvalue weighted by Gasteiger charge is 2.23. The lowest BCUT2D eigenvalue weighted by Gasteiger charge is -2.14. The molecule has 7 heteroatoms. The summed E-state index contributed by atoms with van der Waals surface area (Å²) in [6.07, 6.45) is 3.11. The average Bonchev–Trinajstić information content (AvgIpc) is 2.65. The van der Waals surface area contributed by atoms with Crippen molar-refractivity contribution in [1.29, 1.82) is 0 Å². The number of aromatic nitrogens is 1. The number of carbonyl (C=O) groups excluding carboxylic acids is 1. The molecule has 1 aromatic heterocycles. The summed E-state index contributed by atoms with van der Waals surface area (Å²) in [5, 5.41) is 0. The fraction of sp³-hybridized carbons (Fsp3) is 0.500. The van der Waals surface area contributed by atoms with Crippen molar-refractivity contribution in [2.24, 2.45) is 7.05 Å². The van der Waals surface area contributed by atoms with Crippen molar-refractivity contribution in [2.45, 2.75) is 11.8 Å². The van der Waals surface area contributed by atoms with E-state index in [0.717, 1.165) is 4.31 Å². The van der Waals surface area contributed by atoms with E-state index in [2.05, 4.69) is 0 Å². The molecule has 1 aromatic rings. The van der Waals surface area contributed by atoms with Crippen LogP contribution in [-0.2, 0) is 26.6 Å². The number of hydrogen-bond donors (Lipinski definition) is 0. The van der Waals surface area contributed by atoms with Crippen LogP contribution in [0.25, 0.3) is 0 Å². The second kappa shape index (κ2) is 5.33. The van der Waals surface area contributed by atoms with Crippen LogP contribution in [0.4, 0.5) is 0 Å². The van der Waals surface area contributed by atoms with Crippen molar-refractivity contribution in [3.8, 4) is 0 Å². The molecule has 0 N–H and O–H groups in total. The lowest BCUT2D eigenvalue weighted by molar-refractivity contribution is -0.143. The van der Waals surface area contributed by atoms with E-state index >= 15 is 0 Å². The Bertz CT molecular complexity index is 492. The molecule has 0 amide bonds. The summed E-state index contributed by atoms with van der Waals surface area (Å²) >= 11 is 0. The zero-order chi connectivity index (χ0) is 13.1. The summed E-state index contributed by atoms with van der Waals surface area (Å²) in [5.74, 6) is -0.561. The Labute approximate surface area is 101 Å². The summed E-state index contributed by atoms with van der Waals surface area (Å²) in [5.41, 5.74) is 0. The van der Waals surface area contributed by atoms with Gasteiger partial charge in [0.05, 0.1) is 11.5 Å². The molecule has 0 saturated carbocycles. The van der Waals surface area contributed by atoms with Crippen LogP contribution in [0.1, 0.15) is 6.92 Å². The molecule has 0 atom stereocenters. The Morgan fingerprint density at radius 3 is 2.65 bits per heavy atom. The van der Waals surface area contributed by atoms with Crippen molar-refractivity contribution in [3.63, 3.8) is 0 Å². The predicted octanol–water partition coefficient (Wildman–Crippen LogP) is 0.209. The fourth-order valence-electron chi connectivity index (χ4n) is 1.28. The van der Waals surface area contributed by atoms with E-state index in [-0.39, 0.29) is 18.0 Å². The maximum Gasteiger partial charge on any atom is 0.321 e. The molecule has 0 aliphatic carbocycles. The van der Waals surface area contributed by atoms with Gasteiger partial charge < -0.3 is 9.30 Å². The van der Waals surface area contributed by atoms with Crippen LogP contribution in [0.3, 0.4) is 0 Å². The number of rotatable bonds is 5. The molecular formula is C10H16N2O4S. The molecule has 0 radical (unpaired) electrons. The van der Waals surface area contributed by atoms with Crippen molar-refractivity contribution in [1.82, 2.24) is 8.87 Å². The van der Waals surface area contributed by atoms with Gasteiger partial charge in [0, 0.05) is 26.5 Å². The Morgan fingerprint density at radius 1 is 1.53 bits per heavy atom. The summed E-state index contributed by atoms with van der Waals surface area (Å²) < 4.78 is 31.3. The molecule has 0 saturated heterocycles. The Balaban J connectivity index is 2.81. The lowest BCUT2D eigenvalue weighted by Crippen LogP contribution is -2.32. The minimum Gasteiger partial charge on any atom is -0.465 e. The molecule has 0 aliphatic rings. The number of ether oxygens (including phenoxy) is 1. The largest absolute Gasteiger partial charge is 0.465 e. The van der Waals surface area contributed by atoms with Gasteiger partial charge in [-0.2, -0.15) is 4.31 Å². The number of likely N-dealkylation sites (N-methyl/N-ethyl adjacent to an activating group) is 1. The van der Waals surface area contributed by atoms with Crippen molar-refractivity contribution in [2.75, 3.05) is 20.2 Å². The van der Waals surface area contributed by atoms with Crippen molar-refractivity contribution in [3.05, 3.63) is 18.5 Å². The molecule has 17 heavy (non-hydrogen) atoms. The van der Waals surface area contributed by atoms with E-state index in [1.165, 1.54) is 19.3 Å². The normalized spacial score (nSPS) is 11.8. The standard InChI is InChI=1S/C10H16N2O4S/c1-4-16-10(13)8-12(3)17(14,15)9-5-6-11(2)7-9/h5-7H,4,8H2,1-3H3. The monoisotopic (exact) mass is 260 g/mol. The minimum atomic E-state index is -3.62. The molecule has 0 fully saturated rings. The first kappa shape index (κ1) is 13.7. The van der Waals surface area contributed by atoms with Gasteiger partial charge in [-0.05, 0) is 13.0 Å². The van der Waals surface area contributed by atoms with Gasteiger partial charge in [0.15, 0.2) is 0 Å². The number of aryl methyl sites for hydroxylation is 1. The third-order valence-corrected chi connectivity index (χ3v) is 3.96. The van der Waals surface area contributed by atoms with Gasteiger partial charge in [-0.25, -0.2) is 8.42 Å². The Morgan fingerprint density at radius 2 is 2.18 bits per heavy atom. The number of nitrogens with zero attached hydrogens (tertiary/aromatic N) is 2. The predicted molar refractivity (Wildman–Crippen MR) is 61.9 cm³/mol. The van der Waals surface area contributed by atoms with E-state index in [1.807, 2.05) is 0 Å². The summed E-state index contributed by atoms with van der Waals surface area (Å²) in [4.78, 5) is 11.4. The summed E-state index contributed by atoms with van der Waals surface area (Å²) in [7, 11) is -0.547. The quantitative estimate of drug-likeness (QED) is 0.710. The van der Waals surface area contributed by atoms with Gasteiger partial charge in [-0.3, -0.25) is 4.79 Å². The van der Waals surface area contributed by atoms with Gasteiger partial charge in [-0.1, -0.05) is 0 Å². The Kier molecular flexibility index (Phi) is 4.30. The van der Waals surface area contributed by atoms with E-state index < -0.39 is 16.0 Å². The topological polar surface area (TPSA) is 68.6 Å². The van der Waals surface area contributed by atoms with Gasteiger partial charge in [0.2, 0.25) is 10.0 Å². The van der Waals surface area contributed by atoms with Gasteiger partial charge in [0.25, 0.3) is 0 Å². The number of hydrogen-bond acceptors (Lipinski definition) is 4. The SMILES string of the molecule is CCOC(=O)CN(C)S(=O)(=O)c1ccn(C)c1. The molecule has 1 heterocycles. The average molecular weight is 260 g/mol. The summed E-state index contributed by atoms with van der Waals surface area (Å²) in [6, 6.07) is 1.48. The molecule has 0 bridgehead atoms. The van der Waals surface area contributed by atoms with E-state index in [4.69, 9.17) is 4.74 Å². The fourth-order valence-corrected chi connectivity index (χ4v) is 2.45. The van der Waals surface area contributed by atoms with Crippen LogP contribution >= 0.6 is 0 Å². The molecule has 1 rings (SSSR count). The van der Waals surface area contributed by atoms with Crippen LogP contribution in [0.15, 0.2) is 23.4 Å². The highest BCUT2D eigenvalue weighted by atomic mass is 32.2. The van der Waals surface area contributed by atoms with Crippen LogP contribution < -0.4 is 0 Å². The third-order valence-electron chi connectivity index (χ3n) is 2.17. The molecule has 96 valence electrons. The van der Waals surface area contributed by atoms with Crippen LogP contribution in [0.5, 0.6) is 0 Å². The molecule has 0 aromatic carbocycles. The van der Waals surface area contributed by atoms with Crippen LogP contribution in [0, 0.1) is 0 Å². The van der Waals surface area contributed by atoms with E-state index in [9.17, 15) is 13.2 Å². The first-order valence-corrected chi connectivity index (χ1v) is 6.56. The van der Waals surface area contributed by atoms with Gasteiger partial charge in [0.1, 0.15) is 6.54 Å². The third kappa shape index (κ3) is 3.31. The summed E-state index contributed by atoms with van der Waals surface area (Å²) in [6.45, 7) is 1.62. The molecule has 0 unspecified atom stereocenters. The van der Waals surface area contributed by atoms with Crippen LogP contribution in [-0.4, -0.2) is 43.5 Å². The smallest absolute Gasteiger partial charge is 0.321 e. The van der Waals surface area contributed by atoms with Gasteiger partial charge in [-0.15, -0.1) is 0 Å². The second-order valence-electron chi connectivity index (χ2n) is 3.58. The highest BCUT2D eigenvalue weighted by molar-refractivity contribution is 7.89. The molecule has 0 aliphatic heterocycles. The van der Waals surface area contributed by atoms with E-state index in [1.54, 1.807) is 24.7 Å². The first-order chi connectivity index (χ1) is 7.87. The number of sulfonamides is 1. The number of esters is 1. The van der Waals surface area contributed by atoms with Gasteiger partial charge >= 0.3 is 5.97 Å². The maximum absolute atomic E-state index is 12.0. The number of carbonyl (C=O) groups is 1. The van der Waals surface area contributed by atoms with E-state index in [0.29, 0.717) is 0 Å². The second-order valence-corrected chi connectivity index (χ2v) is 5.62. The zero-order valence-electron chi connectivity index (χ0n) is 10.1. The highest BCUT2D eigenvalue weighted by Crippen LogP contribution is 2.13. The van der Waals surface area contributed by atoms with Crippen molar-refractivity contribution >= 4 is 16.0 Å². The zero-order valence-corrected chi connectivity index (χ0v) is 10.9. The molecule has 0 spiro atoms. The minimum absolute atomic E-state index is 0.159. The lowest BCUT2D eigenvalue weighted by atomic mass is 10.6. The molecular weight excluding hydrogens is 244 g/mol. The maximum atomic E-state index is 12.0. The Hall–Kier alpha value is -1.34. The van der Waals surface area contributed by atoms with Crippen LogP contribution in [0.2, 0.25) is 0 Å². The molecule has 6 nitrogen and oxygen atoms in total. The first-order valence-electron chi connectivity index (χ1n) is 5.12.